The van der Waals surface area contributed by atoms with Crippen LogP contribution in [-0.2, 0) is 6.54 Å². The molecule has 0 atom stereocenters. The van der Waals surface area contributed by atoms with Gasteiger partial charge in [0.1, 0.15) is 0 Å². The number of aromatic nitrogens is 1. The van der Waals surface area contributed by atoms with Crippen LogP contribution in [0.4, 0.5) is 5.82 Å². The minimum Gasteiger partial charge on any atom is -0.345 e. The average Bonchev–Trinajstić information content (AvgIpc) is 2.36. The van der Waals surface area contributed by atoms with E-state index in [9.17, 15) is 4.79 Å². The van der Waals surface area contributed by atoms with Crippen molar-refractivity contribution < 1.29 is 0 Å². The normalized spacial score (nSPS) is 13.6. The molecule has 1 aromatic heterocycles. The van der Waals surface area contributed by atoms with Crippen LogP contribution in [0, 0.1) is 0 Å². The highest BCUT2D eigenvalue weighted by atomic mass is 16.1. The summed E-state index contributed by atoms with van der Waals surface area (Å²) in [5.41, 5.74) is 0.682. The van der Waals surface area contributed by atoms with Crippen LogP contribution in [0.1, 0.15) is 5.56 Å². The zero-order chi connectivity index (χ0) is 6.97. The van der Waals surface area contributed by atoms with E-state index in [0.717, 1.165) is 0 Å². The molecule has 0 spiro atoms. The van der Waals surface area contributed by atoms with Gasteiger partial charge in [0.05, 0.1) is 12.1 Å². The van der Waals surface area contributed by atoms with Crippen molar-refractivity contribution in [2.24, 2.45) is 10.2 Å². The van der Waals surface area contributed by atoms with E-state index in [1.165, 1.54) is 6.07 Å². The molecule has 0 amide bonds. The number of fused-ring (bicyclic) bond motifs is 1. The van der Waals surface area contributed by atoms with Crippen molar-refractivity contribution in [2.75, 3.05) is 0 Å². The van der Waals surface area contributed by atoms with Crippen LogP contribution in [-0.4, -0.2) is 4.98 Å². The molecule has 2 rings (SSSR count). The average molecular weight is 135 g/mol. The number of azo groups is 1. The molecule has 1 N–H and O–H groups in total. The summed E-state index contributed by atoms with van der Waals surface area (Å²) in [5.74, 6) is 0.604. The maximum absolute atomic E-state index is 11.0. The summed E-state index contributed by atoms with van der Waals surface area (Å²) in [7, 11) is 0. The second-order valence-corrected chi connectivity index (χ2v) is 2.07. The Hall–Kier alpha value is -1.45. The molecule has 0 aliphatic carbocycles. The van der Waals surface area contributed by atoms with Gasteiger partial charge in [-0.2, -0.15) is 5.11 Å². The molecule has 0 aromatic carbocycles. The lowest BCUT2D eigenvalue weighted by Gasteiger charge is -1.89. The first-order valence-electron chi connectivity index (χ1n) is 2.96. The molecule has 1 aliphatic heterocycles. The quantitative estimate of drug-likeness (QED) is 0.566. The lowest BCUT2D eigenvalue weighted by Crippen LogP contribution is -2.04. The largest absolute Gasteiger partial charge is 0.345 e. The summed E-state index contributed by atoms with van der Waals surface area (Å²) in [6.45, 7) is 0.422. The monoisotopic (exact) mass is 135 g/mol. The lowest BCUT2D eigenvalue weighted by atomic mass is 10.2. The zero-order valence-electron chi connectivity index (χ0n) is 5.16. The van der Waals surface area contributed by atoms with Crippen LogP contribution in [0.15, 0.2) is 27.3 Å². The molecule has 0 unspecified atom stereocenters. The number of pyridine rings is 1. The first-order chi connectivity index (χ1) is 4.88. The number of nitrogens with one attached hydrogen (secondary N) is 1. The van der Waals surface area contributed by atoms with E-state index in [0.29, 0.717) is 17.9 Å². The fourth-order valence-corrected chi connectivity index (χ4v) is 0.919. The molecule has 2 heterocycles. The van der Waals surface area contributed by atoms with Crippen LogP contribution in [0.3, 0.4) is 0 Å². The van der Waals surface area contributed by atoms with Crippen molar-refractivity contribution in [3.8, 4) is 0 Å². The number of hydrogen-bond donors (Lipinski definition) is 1. The molecule has 1 aliphatic rings. The van der Waals surface area contributed by atoms with Crippen LogP contribution in [0.25, 0.3) is 0 Å². The first kappa shape index (κ1) is 5.34. The Morgan fingerprint density at radius 3 is 3.30 bits per heavy atom. The highest BCUT2D eigenvalue weighted by Crippen LogP contribution is 2.18. The molecular weight excluding hydrogens is 130 g/mol. The standard InChI is InChI=1S/C6H5N3O/c10-5-1-2-7-6-4(5)3-8-9-6/h1-2H,3H2,(H,7,10). The van der Waals surface area contributed by atoms with Crippen molar-refractivity contribution in [1.29, 1.82) is 0 Å². The van der Waals surface area contributed by atoms with E-state index in [2.05, 4.69) is 15.2 Å². The molecule has 4 nitrogen and oxygen atoms in total. The summed E-state index contributed by atoms with van der Waals surface area (Å²) < 4.78 is 0. The van der Waals surface area contributed by atoms with Gasteiger partial charge in [-0.3, -0.25) is 4.79 Å². The fourth-order valence-electron chi connectivity index (χ4n) is 0.919. The van der Waals surface area contributed by atoms with Crippen molar-refractivity contribution >= 4 is 5.82 Å². The third kappa shape index (κ3) is 0.586. The summed E-state index contributed by atoms with van der Waals surface area (Å²) in [6, 6.07) is 1.48. The van der Waals surface area contributed by atoms with Crippen molar-refractivity contribution in [2.45, 2.75) is 6.54 Å². The van der Waals surface area contributed by atoms with Gasteiger partial charge in [-0.05, 0) is 0 Å². The van der Waals surface area contributed by atoms with E-state index < -0.39 is 0 Å². The minimum atomic E-state index is 0.0127. The number of hydrogen-bond acceptors (Lipinski definition) is 3. The van der Waals surface area contributed by atoms with Gasteiger partial charge in [-0.15, -0.1) is 5.11 Å². The molecule has 0 bridgehead atoms. The Bertz CT molecular complexity index is 339. The summed E-state index contributed by atoms with van der Waals surface area (Å²) in [6.07, 6.45) is 1.57. The Morgan fingerprint density at radius 1 is 1.60 bits per heavy atom. The highest BCUT2D eigenvalue weighted by molar-refractivity contribution is 5.39. The third-order valence-electron chi connectivity index (χ3n) is 1.44. The molecule has 0 radical (unpaired) electrons. The van der Waals surface area contributed by atoms with Gasteiger partial charge in [0.25, 0.3) is 0 Å². The van der Waals surface area contributed by atoms with E-state index in [1.54, 1.807) is 6.20 Å². The molecule has 50 valence electrons. The second kappa shape index (κ2) is 1.76. The van der Waals surface area contributed by atoms with Gasteiger partial charge < -0.3 is 4.98 Å². The van der Waals surface area contributed by atoms with Gasteiger partial charge in [-0.25, -0.2) is 0 Å². The predicted octanol–water partition coefficient (Wildman–Crippen LogP) is 0.972. The Kier molecular flexibility index (Phi) is 0.943. The number of aromatic amines is 1. The molecule has 0 saturated heterocycles. The number of H-pyrrole nitrogens is 1. The van der Waals surface area contributed by atoms with Crippen molar-refractivity contribution in [3.63, 3.8) is 0 Å². The molecule has 10 heavy (non-hydrogen) atoms. The Balaban J connectivity index is 2.77. The Labute approximate surface area is 56.6 Å². The third-order valence-corrected chi connectivity index (χ3v) is 1.44. The summed E-state index contributed by atoms with van der Waals surface area (Å²) >= 11 is 0. The van der Waals surface area contributed by atoms with Crippen molar-refractivity contribution in [1.82, 2.24) is 4.98 Å². The number of rotatable bonds is 0. The predicted molar refractivity (Wildman–Crippen MR) is 35.3 cm³/mol. The lowest BCUT2D eigenvalue weighted by molar-refractivity contribution is 1.03. The van der Waals surface area contributed by atoms with Crippen molar-refractivity contribution in [3.05, 3.63) is 28.0 Å². The van der Waals surface area contributed by atoms with Gasteiger partial charge in [0.2, 0.25) is 0 Å². The van der Waals surface area contributed by atoms with Gasteiger partial charge in [0.15, 0.2) is 11.2 Å². The maximum atomic E-state index is 11.0. The van der Waals surface area contributed by atoms with Gasteiger partial charge in [0, 0.05) is 12.3 Å². The number of nitrogens with zero attached hydrogens (tertiary/aromatic N) is 2. The van der Waals surface area contributed by atoms with E-state index in [1.807, 2.05) is 0 Å². The van der Waals surface area contributed by atoms with Crippen LogP contribution in [0.5, 0.6) is 0 Å². The van der Waals surface area contributed by atoms with Crippen LogP contribution < -0.4 is 5.43 Å². The molecular formula is C6H5N3O. The topological polar surface area (TPSA) is 57.6 Å². The maximum Gasteiger partial charge on any atom is 0.188 e. The highest BCUT2D eigenvalue weighted by Gasteiger charge is 2.09. The molecule has 4 heteroatoms. The molecule has 0 saturated carbocycles. The van der Waals surface area contributed by atoms with E-state index in [-0.39, 0.29) is 5.43 Å². The SMILES string of the molecule is O=c1cc[nH]c2c1CN=N2. The zero-order valence-corrected chi connectivity index (χ0v) is 5.16. The van der Waals surface area contributed by atoms with Crippen LogP contribution >= 0.6 is 0 Å². The summed E-state index contributed by atoms with van der Waals surface area (Å²) in [5, 5.41) is 7.44. The van der Waals surface area contributed by atoms with E-state index >= 15 is 0 Å². The fraction of sp³-hybridized carbons (Fsp3) is 0.167. The van der Waals surface area contributed by atoms with E-state index in [4.69, 9.17) is 0 Å². The molecule has 1 aromatic rings. The summed E-state index contributed by atoms with van der Waals surface area (Å²) in [4.78, 5) is 13.8. The minimum absolute atomic E-state index is 0.0127. The molecule has 0 fully saturated rings. The van der Waals surface area contributed by atoms with Gasteiger partial charge in [-0.1, -0.05) is 0 Å². The smallest absolute Gasteiger partial charge is 0.188 e. The Morgan fingerprint density at radius 2 is 2.50 bits per heavy atom. The second-order valence-electron chi connectivity index (χ2n) is 2.07. The van der Waals surface area contributed by atoms with Gasteiger partial charge >= 0.3 is 0 Å². The first-order valence-corrected chi connectivity index (χ1v) is 2.96. The van der Waals surface area contributed by atoms with Crippen LogP contribution in [0.2, 0.25) is 0 Å².